The Morgan fingerprint density at radius 2 is 1.84 bits per heavy atom. The first kappa shape index (κ1) is 23.1. The van der Waals surface area contributed by atoms with Crippen LogP contribution in [0.4, 0.5) is 14.3 Å². The van der Waals surface area contributed by atoms with Crippen LogP contribution in [0.1, 0.15) is 33.6 Å². The van der Waals surface area contributed by atoms with E-state index in [-0.39, 0.29) is 11.2 Å². The zero-order valence-electron chi connectivity index (χ0n) is 18.6. The first-order valence-corrected chi connectivity index (χ1v) is 12.0. The van der Waals surface area contributed by atoms with Gasteiger partial charge < -0.3 is 14.5 Å². The van der Waals surface area contributed by atoms with Crippen molar-refractivity contribution in [1.29, 1.82) is 0 Å². The molecule has 0 aliphatic carbocycles. The summed E-state index contributed by atoms with van der Waals surface area (Å²) >= 11 is 7.10. The molecule has 0 saturated carbocycles. The van der Waals surface area contributed by atoms with Crippen molar-refractivity contribution in [3.05, 3.63) is 23.2 Å². The fourth-order valence-electron chi connectivity index (χ4n) is 4.04. The summed E-state index contributed by atoms with van der Waals surface area (Å²) in [6, 6.07) is 1.67. The van der Waals surface area contributed by atoms with Gasteiger partial charge in [0, 0.05) is 57.6 Å². The number of piperidine rings is 1. The summed E-state index contributed by atoms with van der Waals surface area (Å²) in [6.45, 7) is 10.5. The minimum atomic E-state index is -0.471. The summed E-state index contributed by atoms with van der Waals surface area (Å²) in [5, 5.41) is 9.84. The Balaban J connectivity index is 1.28. The van der Waals surface area contributed by atoms with Gasteiger partial charge in [-0.25, -0.2) is 14.2 Å². The van der Waals surface area contributed by atoms with Crippen molar-refractivity contribution in [2.45, 2.75) is 45.3 Å². The lowest BCUT2D eigenvalue weighted by Crippen LogP contribution is -2.55. The van der Waals surface area contributed by atoms with E-state index in [1.165, 1.54) is 23.6 Å². The molecule has 2 aliphatic rings. The highest BCUT2D eigenvalue weighted by atomic mass is 35.5. The Morgan fingerprint density at radius 1 is 1.16 bits per heavy atom. The van der Waals surface area contributed by atoms with Crippen molar-refractivity contribution in [2.75, 3.05) is 44.2 Å². The molecule has 0 aromatic carbocycles. The summed E-state index contributed by atoms with van der Waals surface area (Å²) in [5.41, 5.74) is -0.155. The predicted octanol–water partition coefficient (Wildman–Crippen LogP) is 3.91. The van der Waals surface area contributed by atoms with Gasteiger partial charge in [0.2, 0.25) is 5.13 Å². The number of hydrogen-bond acceptors (Lipinski definition) is 8. The number of amides is 1. The van der Waals surface area contributed by atoms with Crippen LogP contribution in [0, 0.1) is 5.82 Å². The molecule has 32 heavy (non-hydrogen) atoms. The Kier molecular flexibility index (Phi) is 6.83. The molecule has 4 heterocycles. The zero-order chi connectivity index (χ0) is 22.9. The van der Waals surface area contributed by atoms with Gasteiger partial charge in [-0.1, -0.05) is 22.9 Å². The van der Waals surface area contributed by atoms with Gasteiger partial charge in [-0.05, 0) is 33.6 Å². The topological polar surface area (TPSA) is 74.7 Å². The quantitative estimate of drug-likeness (QED) is 0.614. The average molecular weight is 483 g/mol. The van der Waals surface area contributed by atoms with Crippen LogP contribution in [-0.2, 0) is 4.74 Å². The van der Waals surface area contributed by atoms with Gasteiger partial charge in [0.1, 0.15) is 16.6 Å². The lowest BCUT2D eigenvalue weighted by atomic mass is 10.0. The second-order valence-electron chi connectivity index (χ2n) is 9.10. The van der Waals surface area contributed by atoms with E-state index in [9.17, 15) is 9.18 Å². The van der Waals surface area contributed by atoms with E-state index < -0.39 is 11.4 Å². The molecular formula is C21H28ClFN6O2S. The number of halogens is 2. The molecule has 0 radical (unpaired) electrons. The largest absolute Gasteiger partial charge is 0.444 e. The number of nitrogens with zero attached hydrogens (tertiary/aromatic N) is 6. The number of carbonyl (C=O) groups is 1. The first-order chi connectivity index (χ1) is 15.2. The Bertz CT molecular complexity index is 952. The molecule has 0 spiro atoms. The maximum atomic E-state index is 14.2. The van der Waals surface area contributed by atoms with Crippen molar-refractivity contribution in [2.24, 2.45) is 0 Å². The van der Waals surface area contributed by atoms with Crippen molar-refractivity contribution in [3.8, 4) is 10.6 Å². The van der Waals surface area contributed by atoms with Gasteiger partial charge in [-0.3, -0.25) is 4.90 Å². The van der Waals surface area contributed by atoms with Gasteiger partial charge in [-0.15, -0.1) is 10.2 Å². The summed E-state index contributed by atoms with van der Waals surface area (Å²) in [6.07, 6.45) is 3.19. The van der Waals surface area contributed by atoms with Crippen LogP contribution in [0.25, 0.3) is 10.6 Å². The summed E-state index contributed by atoms with van der Waals surface area (Å²) in [5.74, 6) is -0.447. The molecule has 2 aromatic heterocycles. The molecule has 0 N–H and O–H groups in total. The summed E-state index contributed by atoms with van der Waals surface area (Å²) in [4.78, 5) is 22.7. The molecule has 2 saturated heterocycles. The van der Waals surface area contributed by atoms with Crippen molar-refractivity contribution in [3.63, 3.8) is 0 Å². The highest BCUT2D eigenvalue weighted by Crippen LogP contribution is 2.32. The highest BCUT2D eigenvalue weighted by molar-refractivity contribution is 7.18. The number of carbonyl (C=O) groups excluding carboxylic acids is 1. The zero-order valence-corrected chi connectivity index (χ0v) is 20.1. The maximum Gasteiger partial charge on any atom is 0.410 e. The molecule has 2 fully saturated rings. The minimum Gasteiger partial charge on any atom is -0.444 e. The third-order valence-electron chi connectivity index (χ3n) is 5.68. The number of pyridine rings is 1. The average Bonchev–Trinajstić information content (AvgIpc) is 3.23. The second-order valence-corrected chi connectivity index (χ2v) is 10.4. The molecular weight excluding hydrogens is 455 g/mol. The smallest absolute Gasteiger partial charge is 0.410 e. The van der Waals surface area contributed by atoms with Crippen LogP contribution in [0.3, 0.4) is 0 Å². The third kappa shape index (κ3) is 5.47. The van der Waals surface area contributed by atoms with Crippen LogP contribution in [0.15, 0.2) is 12.3 Å². The number of piperazine rings is 1. The molecule has 2 aromatic rings. The number of hydrogen-bond donors (Lipinski definition) is 0. The van der Waals surface area contributed by atoms with Crippen LogP contribution in [-0.4, -0.2) is 82.0 Å². The van der Waals surface area contributed by atoms with Gasteiger partial charge in [0.05, 0.1) is 5.56 Å². The fraction of sp³-hybridized carbons (Fsp3) is 0.619. The molecule has 4 rings (SSSR count). The normalized spacial score (nSPS) is 18.8. The molecule has 0 bridgehead atoms. The molecule has 1 amide bonds. The molecule has 11 heteroatoms. The highest BCUT2D eigenvalue weighted by Gasteiger charge is 2.31. The minimum absolute atomic E-state index is 0.116. The van der Waals surface area contributed by atoms with Crippen LogP contribution < -0.4 is 4.90 Å². The van der Waals surface area contributed by atoms with Gasteiger partial charge >= 0.3 is 6.09 Å². The van der Waals surface area contributed by atoms with E-state index in [1.807, 2.05) is 20.8 Å². The lowest BCUT2D eigenvalue weighted by Gasteiger charge is -2.42. The van der Waals surface area contributed by atoms with Crippen molar-refractivity contribution < 1.29 is 13.9 Å². The predicted molar refractivity (Wildman–Crippen MR) is 123 cm³/mol. The van der Waals surface area contributed by atoms with Gasteiger partial charge in [0.15, 0.2) is 5.01 Å². The van der Waals surface area contributed by atoms with E-state index in [1.54, 1.807) is 4.90 Å². The Hall–Kier alpha value is -2.04. The van der Waals surface area contributed by atoms with E-state index >= 15 is 0 Å². The van der Waals surface area contributed by atoms with Crippen LogP contribution in [0.5, 0.6) is 0 Å². The fourth-order valence-corrected chi connectivity index (χ4v) is 5.09. The molecule has 0 unspecified atom stereocenters. The Morgan fingerprint density at radius 3 is 2.47 bits per heavy atom. The molecule has 0 atom stereocenters. The van der Waals surface area contributed by atoms with Crippen LogP contribution in [0.2, 0.25) is 5.15 Å². The van der Waals surface area contributed by atoms with Crippen LogP contribution >= 0.6 is 22.9 Å². The number of ether oxygens (including phenoxy) is 1. The number of anilines is 1. The number of aromatic nitrogens is 3. The van der Waals surface area contributed by atoms with E-state index in [2.05, 4.69) is 25.0 Å². The van der Waals surface area contributed by atoms with Crippen molar-refractivity contribution in [1.82, 2.24) is 25.0 Å². The SMILES string of the molecule is CC(C)(C)OC(=O)N1CCN(C2CCN(c3nnc(-c4cnc(Cl)cc4F)s3)CC2)CC1. The van der Waals surface area contributed by atoms with E-state index in [0.717, 1.165) is 44.2 Å². The molecule has 2 aliphatic heterocycles. The maximum absolute atomic E-state index is 14.2. The third-order valence-corrected chi connectivity index (χ3v) is 6.91. The monoisotopic (exact) mass is 482 g/mol. The summed E-state index contributed by atoms with van der Waals surface area (Å²) in [7, 11) is 0. The number of rotatable bonds is 3. The molecule has 174 valence electrons. The standard InChI is InChI=1S/C21H28ClFN6O2S/c1-21(2,3)31-20(30)29-10-8-27(9-11-29)14-4-6-28(7-5-14)19-26-25-18(32-19)15-13-24-17(22)12-16(15)23/h12-14H,4-11H2,1-3H3. The summed E-state index contributed by atoms with van der Waals surface area (Å²) < 4.78 is 19.7. The second kappa shape index (κ2) is 9.44. The lowest BCUT2D eigenvalue weighted by molar-refractivity contribution is 0.00902. The van der Waals surface area contributed by atoms with E-state index in [4.69, 9.17) is 16.3 Å². The van der Waals surface area contributed by atoms with E-state index in [0.29, 0.717) is 29.7 Å². The molecule has 8 nitrogen and oxygen atoms in total. The van der Waals surface area contributed by atoms with Crippen molar-refractivity contribution >= 4 is 34.2 Å². The van der Waals surface area contributed by atoms with Gasteiger partial charge in [-0.2, -0.15) is 0 Å². The first-order valence-electron chi connectivity index (χ1n) is 10.8. The van der Waals surface area contributed by atoms with Gasteiger partial charge in [0.25, 0.3) is 0 Å². The Labute approximate surface area is 196 Å².